The Morgan fingerprint density at radius 3 is 3.20 bits per heavy atom. The molecule has 0 aromatic carbocycles. The number of rotatable bonds is 2. The molecule has 0 saturated heterocycles. The quantitative estimate of drug-likeness (QED) is 0.704. The smallest absolute Gasteiger partial charge is 0.278 e. The Kier molecular flexibility index (Phi) is 1.66. The van der Waals surface area contributed by atoms with Crippen LogP contribution in [0.4, 0.5) is 0 Å². The minimum atomic E-state index is -0.222. The molecule has 2 atom stereocenters. The highest BCUT2D eigenvalue weighted by Gasteiger charge is 2.39. The Labute approximate surface area is 84.6 Å². The molecule has 78 valence electrons. The summed E-state index contributed by atoms with van der Waals surface area (Å²) in [7, 11) is 0. The van der Waals surface area contributed by atoms with E-state index in [1.807, 2.05) is 4.57 Å². The Morgan fingerprint density at radius 1 is 1.60 bits per heavy atom. The maximum Gasteiger partial charge on any atom is 0.278 e. The molecule has 2 N–H and O–H groups in total. The van der Waals surface area contributed by atoms with E-state index < -0.39 is 0 Å². The molecule has 6 nitrogen and oxygen atoms in total. The van der Waals surface area contributed by atoms with Gasteiger partial charge in [-0.25, -0.2) is 9.97 Å². The molecule has 0 spiro atoms. The molecule has 1 saturated carbocycles. The van der Waals surface area contributed by atoms with Crippen molar-refractivity contribution in [2.75, 3.05) is 6.61 Å². The van der Waals surface area contributed by atoms with Crippen LogP contribution in [0.3, 0.4) is 0 Å². The van der Waals surface area contributed by atoms with E-state index in [4.69, 9.17) is 5.11 Å². The van der Waals surface area contributed by atoms with Gasteiger partial charge < -0.3 is 14.7 Å². The maximum atomic E-state index is 11.4. The van der Waals surface area contributed by atoms with Crippen LogP contribution in [0.25, 0.3) is 11.2 Å². The summed E-state index contributed by atoms with van der Waals surface area (Å²) in [5, 5.41) is 8.98. The summed E-state index contributed by atoms with van der Waals surface area (Å²) in [4.78, 5) is 22.0. The van der Waals surface area contributed by atoms with Gasteiger partial charge in [-0.1, -0.05) is 0 Å². The molecule has 0 amide bonds. The molecular formula is C9H10N4O2. The van der Waals surface area contributed by atoms with Gasteiger partial charge in [-0.3, -0.25) is 4.79 Å². The lowest BCUT2D eigenvalue weighted by molar-refractivity contribution is 0.269. The third-order valence-electron chi connectivity index (χ3n) is 2.84. The van der Waals surface area contributed by atoms with E-state index in [0.717, 1.165) is 6.42 Å². The Hall–Kier alpha value is -1.69. The van der Waals surface area contributed by atoms with Gasteiger partial charge in [0, 0.05) is 18.6 Å². The number of nitrogens with zero attached hydrogens (tertiary/aromatic N) is 3. The monoisotopic (exact) mass is 206 g/mol. The molecule has 2 aromatic rings. The molecular weight excluding hydrogens is 196 g/mol. The van der Waals surface area contributed by atoms with Gasteiger partial charge in [0.15, 0.2) is 11.2 Å². The normalized spacial score (nSPS) is 24.6. The fourth-order valence-corrected chi connectivity index (χ4v) is 1.87. The number of nitrogens with one attached hydrogen (secondary N) is 1. The summed E-state index contributed by atoms with van der Waals surface area (Å²) >= 11 is 0. The molecule has 0 bridgehead atoms. The molecule has 6 heteroatoms. The number of aliphatic hydroxyl groups is 1. The third kappa shape index (κ3) is 1.18. The number of imidazole rings is 1. The highest BCUT2D eigenvalue weighted by Crippen LogP contribution is 2.43. The lowest BCUT2D eigenvalue weighted by Crippen LogP contribution is -2.07. The van der Waals surface area contributed by atoms with Crippen LogP contribution in [0.5, 0.6) is 0 Å². The summed E-state index contributed by atoms with van der Waals surface area (Å²) in [6.07, 6.45) is 3.92. The number of hydrogen-bond acceptors (Lipinski definition) is 4. The van der Waals surface area contributed by atoms with Crippen molar-refractivity contribution in [3.05, 3.63) is 23.0 Å². The molecule has 15 heavy (non-hydrogen) atoms. The van der Waals surface area contributed by atoms with Crippen LogP contribution in [0, 0.1) is 5.92 Å². The highest BCUT2D eigenvalue weighted by molar-refractivity contribution is 5.69. The topological polar surface area (TPSA) is 83.8 Å². The first-order valence-electron chi connectivity index (χ1n) is 4.82. The maximum absolute atomic E-state index is 11.4. The largest absolute Gasteiger partial charge is 0.396 e. The highest BCUT2D eigenvalue weighted by atomic mass is 16.3. The van der Waals surface area contributed by atoms with Crippen molar-refractivity contribution >= 4 is 11.2 Å². The van der Waals surface area contributed by atoms with Crippen molar-refractivity contribution in [3.8, 4) is 0 Å². The van der Waals surface area contributed by atoms with E-state index in [1.165, 1.54) is 6.33 Å². The first kappa shape index (κ1) is 8.60. The first-order valence-corrected chi connectivity index (χ1v) is 4.82. The second-order valence-corrected chi connectivity index (χ2v) is 3.80. The predicted molar refractivity (Wildman–Crippen MR) is 52.4 cm³/mol. The number of hydrogen-bond donors (Lipinski definition) is 2. The second-order valence-electron chi connectivity index (χ2n) is 3.80. The van der Waals surface area contributed by atoms with Crippen LogP contribution < -0.4 is 5.56 Å². The van der Waals surface area contributed by atoms with E-state index in [-0.39, 0.29) is 24.1 Å². The van der Waals surface area contributed by atoms with Crippen LogP contribution in [-0.2, 0) is 0 Å². The SMILES string of the molecule is O=c1[nH]cnc2c1ncn2[C@H]1C[C@H]1CO. The Balaban J connectivity index is 2.14. The van der Waals surface area contributed by atoms with Crippen LogP contribution in [0.15, 0.2) is 17.4 Å². The summed E-state index contributed by atoms with van der Waals surface area (Å²) < 4.78 is 1.87. The molecule has 3 rings (SSSR count). The van der Waals surface area contributed by atoms with Crippen LogP contribution in [-0.4, -0.2) is 31.2 Å². The van der Waals surface area contributed by atoms with E-state index >= 15 is 0 Å². The number of aromatic amines is 1. The molecule has 2 heterocycles. The van der Waals surface area contributed by atoms with Gasteiger partial charge in [-0.2, -0.15) is 0 Å². The van der Waals surface area contributed by atoms with Gasteiger partial charge in [0.1, 0.15) is 0 Å². The van der Waals surface area contributed by atoms with Crippen molar-refractivity contribution in [2.24, 2.45) is 5.92 Å². The zero-order chi connectivity index (χ0) is 10.4. The van der Waals surface area contributed by atoms with Gasteiger partial charge in [0.25, 0.3) is 5.56 Å². The molecule has 0 unspecified atom stereocenters. The van der Waals surface area contributed by atoms with E-state index in [1.54, 1.807) is 6.33 Å². The van der Waals surface area contributed by atoms with Crippen molar-refractivity contribution < 1.29 is 5.11 Å². The third-order valence-corrected chi connectivity index (χ3v) is 2.84. The average Bonchev–Trinajstić information content (AvgIpc) is 2.90. The molecule has 0 radical (unpaired) electrons. The zero-order valence-electron chi connectivity index (χ0n) is 7.92. The molecule has 1 aliphatic carbocycles. The van der Waals surface area contributed by atoms with Crippen LogP contribution >= 0.6 is 0 Å². The van der Waals surface area contributed by atoms with E-state index in [9.17, 15) is 4.79 Å². The van der Waals surface area contributed by atoms with Crippen LogP contribution in [0.1, 0.15) is 12.5 Å². The molecule has 1 aliphatic rings. The van der Waals surface area contributed by atoms with Gasteiger partial charge in [0.2, 0.25) is 0 Å². The molecule has 1 fully saturated rings. The van der Waals surface area contributed by atoms with Crippen molar-refractivity contribution in [1.29, 1.82) is 0 Å². The van der Waals surface area contributed by atoms with Crippen LogP contribution in [0.2, 0.25) is 0 Å². The van der Waals surface area contributed by atoms with Gasteiger partial charge in [-0.15, -0.1) is 0 Å². The number of aliphatic hydroxyl groups excluding tert-OH is 1. The Morgan fingerprint density at radius 2 is 2.47 bits per heavy atom. The lowest BCUT2D eigenvalue weighted by Gasteiger charge is -1.99. The number of fused-ring (bicyclic) bond motifs is 1. The fourth-order valence-electron chi connectivity index (χ4n) is 1.87. The predicted octanol–water partition coefficient (Wildman–Crippen LogP) is -0.327. The summed E-state index contributed by atoms with van der Waals surface area (Å²) in [5.74, 6) is 0.281. The second kappa shape index (κ2) is 2.90. The van der Waals surface area contributed by atoms with Crippen molar-refractivity contribution in [2.45, 2.75) is 12.5 Å². The molecule has 2 aromatic heterocycles. The van der Waals surface area contributed by atoms with Gasteiger partial charge in [0.05, 0.1) is 12.7 Å². The number of aromatic nitrogens is 4. The fraction of sp³-hybridized carbons (Fsp3) is 0.444. The van der Waals surface area contributed by atoms with Gasteiger partial charge >= 0.3 is 0 Å². The molecule has 0 aliphatic heterocycles. The Bertz CT molecular complexity index is 558. The first-order chi connectivity index (χ1) is 7.31. The summed E-state index contributed by atoms with van der Waals surface area (Å²) in [6, 6.07) is 0.245. The average molecular weight is 206 g/mol. The van der Waals surface area contributed by atoms with Crippen molar-refractivity contribution in [3.63, 3.8) is 0 Å². The van der Waals surface area contributed by atoms with Gasteiger partial charge in [-0.05, 0) is 6.42 Å². The van der Waals surface area contributed by atoms with E-state index in [0.29, 0.717) is 11.2 Å². The summed E-state index contributed by atoms with van der Waals surface area (Å²) in [5.41, 5.74) is 0.737. The lowest BCUT2D eigenvalue weighted by atomic mass is 10.4. The minimum Gasteiger partial charge on any atom is -0.396 e. The minimum absolute atomic E-state index is 0.174. The van der Waals surface area contributed by atoms with Crippen molar-refractivity contribution in [1.82, 2.24) is 19.5 Å². The van der Waals surface area contributed by atoms with E-state index in [2.05, 4.69) is 15.0 Å². The number of H-pyrrole nitrogens is 1. The standard InChI is InChI=1S/C9H10N4O2/c14-2-5-1-6(5)13-4-12-7-8(13)10-3-11-9(7)15/h3-6,14H,1-2H2,(H,10,11,15)/t5-,6-/m0/s1. The summed E-state index contributed by atoms with van der Waals surface area (Å²) in [6.45, 7) is 0.174. The zero-order valence-corrected chi connectivity index (χ0v) is 7.92.